The highest BCUT2D eigenvalue weighted by molar-refractivity contribution is 6.30. The minimum absolute atomic E-state index is 0.120. The number of rotatable bonds is 6. The smallest absolute Gasteiger partial charge is 0.229 e. The summed E-state index contributed by atoms with van der Waals surface area (Å²) in [4.78, 5) is 12.1. The lowest BCUT2D eigenvalue weighted by molar-refractivity contribution is -0.115. The third-order valence-electron chi connectivity index (χ3n) is 3.80. The maximum absolute atomic E-state index is 12.1. The molecular formula is C20H19ClN4O. The molecule has 0 bridgehead atoms. The van der Waals surface area contributed by atoms with Gasteiger partial charge in [-0.1, -0.05) is 53.6 Å². The van der Waals surface area contributed by atoms with E-state index in [1.807, 2.05) is 55.5 Å². The Balaban J connectivity index is 1.51. The topological polar surface area (TPSA) is 66.9 Å². The lowest BCUT2D eigenvalue weighted by atomic mass is 10.1. The lowest BCUT2D eigenvalue weighted by Gasteiger charge is -2.07. The molecule has 0 fully saturated rings. The Morgan fingerprint density at radius 2 is 1.50 bits per heavy atom. The van der Waals surface area contributed by atoms with Gasteiger partial charge in [0.2, 0.25) is 5.91 Å². The Labute approximate surface area is 157 Å². The Morgan fingerprint density at radius 1 is 0.885 bits per heavy atom. The molecule has 6 heteroatoms. The average Bonchev–Trinajstić information content (AvgIpc) is 2.64. The summed E-state index contributed by atoms with van der Waals surface area (Å²) >= 11 is 5.87. The molecule has 0 atom stereocenters. The number of hydrogen-bond donors (Lipinski definition) is 2. The van der Waals surface area contributed by atoms with E-state index in [0.717, 1.165) is 11.1 Å². The number of carbonyl (C=O) groups is 1. The largest absolute Gasteiger partial charge is 0.365 e. The SMILES string of the molecule is Cc1ccc(CC(=O)Nc2ccc(NCc3ccc(Cl)cc3)nn2)cc1. The number of amides is 1. The summed E-state index contributed by atoms with van der Waals surface area (Å²) in [6.45, 7) is 2.63. The molecule has 2 N–H and O–H groups in total. The Bertz CT molecular complexity index is 862. The molecule has 3 rings (SSSR count). The molecule has 0 aliphatic heterocycles. The summed E-state index contributed by atoms with van der Waals surface area (Å²) in [6.07, 6.45) is 0.304. The normalized spacial score (nSPS) is 10.4. The van der Waals surface area contributed by atoms with Crippen LogP contribution in [0.5, 0.6) is 0 Å². The van der Waals surface area contributed by atoms with Gasteiger partial charge in [-0.05, 0) is 42.3 Å². The molecule has 0 radical (unpaired) electrons. The van der Waals surface area contributed by atoms with Crippen LogP contribution in [0.25, 0.3) is 0 Å². The Morgan fingerprint density at radius 3 is 2.15 bits per heavy atom. The minimum atomic E-state index is -0.120. The summed E-state index contributed by atoms with van der Waals surface area (Å²) in [5.41, 5.74) is 3.22. The van der Waals surface area contributed by atoms with Crippen molar-refractivity contribution < 1.29 is 4.79 Å². The molecule has 5 nitrogen and oxygen atoms in total. The summed E-state index contributed by atoms with van der Waals surface area (Å²) < 4.78 is 0. The van der Waals surface area contributed by atoms with E-state index in [0.29, 0.717) is 29.6 Å². The van der Waals surface area contributed by atoms with Crippen LogP contribution in [0.3, 0.4) is 0 Å². The van der Waals surface area contributed by atoms with Crippen LogP contribution in [0.15, 0.2) is 60.7 Å². The number of benzene rings is 2. The van der Waals surface area contributed by atoms with Gasteiger partial charge in [-0.3, -0.25) is 4.79 Å². The van der Waals surface area contributed by atoms with Crippen LogP contribution in [0.2, 0.25) is 5.02 Å². The molecule has 0 spiro atoms. The third-order valence-corrected chi connectivity index (χ3v) is 4.06. The van der Waals surface area contributed by atoms with Crippen LogP contribution in [0.4, 0.5) is 11.6 Å². The van der Waals surface area contributed by atoms with Crippen LogP contribution in [-0.2, 0) is 17.8 Å². The predicted octanol–water partition coefficient (Wildman–Crippen LogP) is 4.23. The highest BCUT2D eigenvalue weighted by Gasteiger charge is 2.06. The summed E-state index contributed by atoms with van der Waals surface area (Å²) in [5.74, 6) is 0.945. The lowest BCUT2D eigenvalue weighted by Crippen LogP contribution is -2.16. The van der Waals surface area contributed by atoms with Gasteiger partial charge >= 0.3 is 0 Å². The first-order valence-electron chi connectivity index (χ1n) is 8.26. The highest BCUT2D eigenvalue weighted by atomic mass is 35.5. The molecule has 2 aromatic carbocycles. The highest BCUT2D eigenvalue weighted by Crippen LogP contribution is 2.12. The van der Waals surface area contributed by atoms with E-state index in [4.69, 9.17) is 11.6 Å². The van der Waals surface area contributed by atoms with Crippen molar-refractivity contribution in [2.45, 2.75) is 19.9 Å². The average molecular weight is 367 g/mol. The van der Waals surface area contributed by atoms with E-state index in [1.54, 1.807) is 12.1 Å². The first-order valence-corrected chi connectivity index (χ1v) is 8.64. The van der Waals surface area contributed by atoms with Crippen molar-refractivity contribution in [3.05, 3.63) is 82.4 Å². The summed E-state index contributed by atoms with van der Waals surface area (Å²) in [6, 6.07) is 19.0. The number of hydrogen-bond acceptors (Lipinski definition) is 4. The van der Waals surface area contributed by atoms with Crippen molar-refractivity contribution in [3.63, 3.8) is 0 Å². The summed E-state index contributed by atoms with van der Waals surface area (Å²) in [5, 5.41) is 14.8. The monoisotopic (exact) mass is 366 g/mol. The fourth-order valence-electron chi connectivity index (χ4n) is 2.37. The van der Waals surface area contributed by atoms with E-state index in [-0.39, 0.29) is 5.91 Å². The number of nitrogens with zero attached hydrogens (tertiary/aromatic N) is 2. The molecule has 3 aromatic rings. The Hall–Kier alpha value is -2.92. The van der Waals surface area contributed by atoms with E-state index < -0.39 is 0 Å². The van der Waals surface area contributed by atoms with Gasteiger partial charge in [-0.25, -0.2) is 0 Å². The summed E-state index contributed by atoms with van der Waals surface area (Å²) in [7, 11) is 0. The minimum Gasteiger partial charge on any atom is -0.365 e. The van der Waals surface area contributed by atoms with Gasteiger partial charge in [0.25, 0.3) is 0 Å². The molecule has 0 unspecified atom stereocenters. The molecule has 1 heterocycles. The van der Waals surface area contributed by atoms with Gasteiger partial charge in [-0.15, -0.1) is 10.2 Å². The van der Waals surface area contributed by atoms with Crippen molar-refractivity contribution in [2.75, 3.05) is 10.6 Å². The number of carbonyl (C=O) groups excluding carboxylic acids is 1. The van der Waals surface area contributed by atoms with Crippen molar-refractivity contribution in [3.8, 4) is 0 Å². The van der Waals surface area contributed by atoms with Crippen molar-refractivity contribution in [2.24, 2.45) is 0 Å². The molecule has 0 saturated carbocycles. The fourth-order valence-corrected chi connectivity index (χ4v) is 2.49. The van der Waals surface area contributed by atoms with Crippen LogP contribution in [-0.4, -0.2) is 16.1 Å². The Kier molecular flexibility index (Phi) is 5.81. The zero-order valence-corrected chi connectivity index (χ0v) is 15.1. The van der Waals surface area contributed by atoms with Gasteiger partial charge in [0.05, 0.1) is 6.42 Å². The standard InChI is InChI=1S/C20H19ClN4O/c1-14-2-4-15(5-3-14)12-20(26)23-19-11-10-18(24-25-19)22-13-16-6-8-17(21)9-7-16/h2-11H,12-13H2,1H3,(H,22,24)(H,23,25,26). The molecule has 0 aliphatic carbocycles. The zero-order valence-electron chi connectivity index (χ0n) is 14.4. The van der Waals surface area contributed by atoms with E-state index >= 15 is 0 Å². The second-order valence-electron chi connectivity index (χ2n) is 5.99. The van der Waals surface area contributed by atoms with Crippen LogP contribution in [0, 0.1) is 6.92 Å². The van der Waals surface area contributed by atoms with Crippen LogP contribution >= 0.6 is 11.6 Å². The van der Waals surface area contributed by atoms with E-state index in [2.05, 4.69) is 20.8 Å². The van der Waals surface area contributed by atoms with Crippen molar-refractivity contribution >= 4 is 29.1 Å². The number of aromatic nitrogens is 2. The first kappa shape index (κ1) is 17.9. The van der Waals surface area contributed by atoms with Crippen molar-refractivity contribution in [1.29, 1.82) is 0 Å². The van der Waals surface area contributed by atoms with Gasteiger partial charge in [0, 0.05) is 11.6 Å². The quantitative estimate of drug-likeness (QED) is 0.685. The molecule has 0 saturated heterocycles. The number of anilines is 2. The third kappa shape index (κ3) is 5.29. The molecule has 132 valence electrons. The molecular weight excluding hydrogens is 348 g/mol. The van der Waals surface area contributed by atoms with E-state index in [1.165, 1.54) is 5.56 Å². The number of halogens is 1. The van der Waals surface area contributed by atoms with Gasteiger partial charge in [0.15, 0.2) is 5.82 Å². The first-order chi connectivity index (χ1) is 12.6. The fraction of sp³-hybridized carbons (Fsp3) is 0.150. The molecule has 1 amide bonds. The van der Waals surface area contributed by atoms with Crippen LogP contribution in [0.1, 0.15) is 16.7 Å². The predicted molar refractivity (Wildman–Crippen MR) is 104 cm³/mol. The molecule has 26 heavy (non-hydrogen) atoms. The van der Waals surface area contributed by atoms with Crippen LogP contribution < -0.4 is 10.6 Å². The maximum Gasteiger partial charge on any atom is 0.229 e. The van der Waals surface area contributed by atoms with Gasteiger partial charge in [0.1, 0.15) is 5.82 Å². The van der Waals surface area contributed by atoms with Gasteiger partial charge < -0.3 is 10.6 Å². The maximum atomic E-state index is 12.1. The second kappa shape index (κ2) is 8.45. The van der Waals surface area contributed by atoms with E-state index in [9.17, 15) is 4.79 Å². The number of nitrogens with one attached hydrogen (secondary N) is 2. The molecule has 0 aliphatic rings. The zero-order chi connectivity index (χ0) is 18.4. The molecule has 1 aromatic heterocycles. The number of aryl methyl sites for hydroxylation is 1. The second-order valence-corrected chi connectivity index (χ2v) is 6.43. The van der Waals surface area contributed by atoms with Crippen molar-refractivity contribution in [1.82, 2.24) is 10.2 Å². The van der Waals surface area contributed by atoms with Gasteiger partial charge in [-0.2, -0.15) is 0 Å².